The maximum Gasteiger partial charge on any atom is 0.240 e. The van der Waals surface area contributed by atoms with Gasteiger partial charge in [-0.1, -0.05) is 77.3 Å². The van der Waals surface area contributed by atoms with Crippen molar-refractivity contribution in [2.24, 2.45) is 0 Å². The lowest BCUT2D eigenvalue weighted by Crippen LogP contribution is -2.33. The van der Waals surface area contributed by atoms with Crippen LogP contribution >= 0.6 is 23.2 Å². The molecule has 0 unspecified atom stereocenters. The molecule has 5 aromatic rings. The minimum atomic E-state index is -3.74. The van der Waals surface area contributed by atoms with Crippen molar-refractivity contribution in [1.29, 1.82) is 0 Å². The van der Waals surface area contributed by atoms with E-state index in [1.807, 2.05) is 31.2 Å². The van der Waals surface area contributed by atoms with Gasteiger partial charge in [0.2, 0.25) is 21.6 Å². The zero-order valence-corrected chi connectivity index (χ0v) is 29.2. The molecular weight excluding hydrogens is 702 g/mol. The molecule has 0 saturated carbocycles. The molecule has 0 aliphatic heterocycles. The Morgan fingerprint density at radius 3 is 2.10 bits per heavy atom. The first-order valence-corrected chi connectivity index (χ1v) is 17.7. The highest BCUT2D eigenvalue weighted by molar-refractivity contribution is 7.89. The van der Waals surface area contributed by atoms with E-state index in [1.165, 1.54) is 36.4 Å². The summed E-state index contributed by atoms with van der Waals surface area (Å²) in [5.41, 5.74) is 3.40. The van der Waals surface area contributed by atoms with Gasteiger partial charge in [-0.2, -0.15) is 0 Å². The van der Waals surface area contributed by atoms with Crippen LogP contribution < -0.4 is 9.46 Å². The second-order valence-electron chi connectivity index (χ2n) is 11.7. The van der Waals surface area contributed by atoms with Crippen molar-refractivity contribution in [3.8, 4) is 17.2 Å². The van der Waals surface area contributed by atoms with E-state index in [2.05, 4.69) is 4.72 Å². The van der Waals surface area contributed by atoms with Gasteiger partial charge in [0, 0.05) is 36.6 Å². The molecule has 0 saturated heterocycles. The van der Waals surface area contributed by atoms with E-state index in [9.17, 15) is 27.5 Å². The molecule has 0 aromatic heterocycles. The van der Waals surface area contributed by atoms with Gasteiger partial charge in [-0.15, -0.1) is 0 Å². The van der Waals surface area contributed by atoms with Crippen LogP contribution in [0.25, 0.3) is 0 Å². The summed E-state index contributed by atoms with van der Waals surface area (Å²) in [4.78, 5) is 28.3. The van der Waals surface area contributed by atoms with Crippen molar-refractivity contribution in [2.75, 3.05) is 6.54 Å². The third kappa shape index (κ3) is 10.2. The lowest BCUT2D eigenvalue weighted by Gasteiger charge is -2.22. The molecule has 0 amide bonds. The summed E-state index contributed by atoms with van der Waals surface area (Å²) >= 11 is 12.1. The Hall–Kier alpha value is -4.58. The number of rotatable bonds is 15. The van der Waals surface area contributed by atoms with Crippen LogP contribution in [0.1, 0.15) is 27.8 Å². The second-order valence-corrected chi connectivity index (χ2v) is 14.3. The average Bonchev–Trinajstić information content (AvgIpc) is 3.08. The molecule has 12 heteroatoms. The molecule has 0 radical (unpaired) electrons. The standard InChI is InChI=1S/C38H33Cl2FN2O6S/c1-25-5-15-34(16-6-25)50(47,48)42-21-27-3-2-4-28(17-27)23-43(24-37(45)36(44)19-29-18-30(39)20-35(40)38(29)46)22-26-7-11-32(12-8-26)49-33-13-9-31(41)10-14-33/h2-18,20,42,46H,19,21-24H2,1H3. The number of hydrogen-bond acceptors (Lipinski definition) is 7. The van der Waals surface area contributed by atoms with Crippen molar-refractivity contribution in [3.63, 3.8) is 0 Å². The van der Waals surface area contributed by atoms with E-state index >= 15 is 0 Å². The monoisotopic (exact) mass is 734 g/mol. The molecule has 0 bridgehead atoms. The highest BCUT2D eigenvalue weighted by Crippen LogP contribution is 2.31. The number of halogens is 3. The number of carbonyl (C=O) groups is 2. The fourth-order valence-corrected chi connectivity index (χ4v) is 6.67. The molecule has 0 fully saturated rings. The number of ether oxygens (including phenoxy) is 1. The van der Waals surface area contributed by atoms with Crippen molar-refractivity contribution in [2.45, 2.75) is 37.9 Å². The summed E-state index contributed by atoms with van der Waals surface area (Å²) in [5.74, 6) is -1.10. The molecule has 5 rings (SSSR count). The molecule has 2 N–H and O–H groups in total. The van der Waals surface area contributed by atoms with Gasteiger partial charge in [0.05, 0.1) is 16.5 Å². The van der Waals surface area contributed by atoms with Gasteiger partial charge in [-0.3, -0.25) is 14.5 Å². The number of phenolic OH excluding ortho intramolecular Hbond substituents is 1. The smallest absolute Gasteiger partial charge is 0.240 e. The molecule has 0 aliphatic carbocycles. The minimum absolute atomic E-state index is 0.0257. The molecule has 0 spiro atoms. The Kier molecular flexibility index (Phi) is 12.0. The number of benzene rings is 5. The van der Waals surface area contributed by atoms with Crippen LogP contribution in [-0.4, -0.2) is 36.5 Å². The van der Waals surface area contributed by atoms with Crippen LogP contribution in [0, 0.1) is 12.7 Å². The Morgan fingerprint density at radius 1 is 0.800 bits per heavy atom. The van der Waals surface area contributed by atoms with E-state index in [-0.39, 0.29) is 64.7 Å². The summed E-state index contributed by atoms with van der Waals surface area (Å²) in [5, 5.41) is 10.5. The number of aryl methyl sites for hydroxylation is 1. The third-order valence-corrected chi connectivity index (χ3v) is 9.63. The average molecular weight is 736 g/mol. The van der Waals surface area contributed by atoms with Gasteiger partial charge < -0.3 is 9.84 Å². The number of sulfonamides is 1. The summed E-state index contributed by atoms with van der Waals surface area (Å²) in [6.07, 6.45) is -0.384. The molecule has 258 valence electrons. The fraction of sp³-hybridized carbons (Fsp3) is 0.158. The van der Waals surface area contributed by atoms with Crippen molar-refractivity contribution >= 4 is 44.8 Å². The topological polar surface area (TPSA) is 113 Å². The van der Waals surface area contributed by atoms with Crippen LogP contribution in [-0.2, 0) is 45.7 Å². The van der Waals surface area contributed by atoms with Gasteiger partial charge in [-0.05, 0) is 84.3 Å². The summed E-state index contributed by atoms with van der Waals surface area (Å²) in [7, 11) is -3.74. The van der Waals surface area contributed by atoms with Crippen molar-refractivity contribution in [3.05, 3.63) is 153 Å². The van der Waals surface area contributed by atoms with Crippen LogP contribution in [0.4, 0.5) is 4.39 Å². The fourth-order valence-electron chi connectivity index (χ4n) is 5.12. The Morgan fingerprint density at radius 2 is 1.42 bits per heavy atom. The molecule has 5 aromatic carbocycles. The third-order valence-electron chi connectivity index (χ3n) is 7.71. The highest BCUT2D eigenvalue weighted by Gasteiger charge is 2.22. The zero-order chi connectivity index (χ0) is 35.8. The summed E-state index contributed by atoms with van der Waals surface area (Å²) < 4.78 is 47.4. The molecule has 0 heterocycles. The van der Waals surface area contributed by atoms with Crippen LogP contribution in [0.3, 0.4) is 0 Å². The number of ketones is 2. The number of Topliss-reactive ketones (excluding diaryl/α,β-unsaturated/α-hetero) is 2. The maximum absolute atomic E-state index is 13.3. The summed E-state index contributed by atoms with van der Waals surface area (Å²) in [6.45, 7) is 2.20. The van der Waals surface area contributed by atoms with E-state index < -0.39 is 21.6 Å². The SMILES string of the molecule is Cc1ccc(S(=O)(=O)NCc2cccc(CN(CC(=O)C(=O)Cc3cc(Cl)cc(Cl)c3O)Cc3ccc(Oc4ccc(F)cc4)cc3)c2)cc1. The zero-order valence-electron chi connectivity index (χ0n) is 26.9. The van der Waals surface area contributed by atoms with Crippen LogP contribution in [0.15, 0.2) is 114 Å². The van der Waals surface area contributed by atoms with Gasteiger partial charge in [0.25, 0.3) is 0 Å². The predicted octanol–water partition coefficient (Wildman–Crippen LogP) is 7.80. The van der Waals surface area contributed by atoms with E-state index in [0.29, 0.717) is 17.1 Å². The molecule has 0 aliphatic rings. The van der Waals surface area contributed by atoms with E-state index in [4.69, 9.17) is 27.9 Å². The number of nitrogens with one attached hydrogen (secondary N) is 1. The minimum Gasteiger partial charge on any atom is -0.506 e. The first kappa shape index (κ1) is 36.7. The predicted molar refractivity (Wildman–Crippen MR) is 191 cm³/mol. The normalized spacial score (nSPS) is 11.5. The Balaban J connectivity index is 1.31. The van der Waals surface area contributed by atoms with E-state index in [1.54, 1.807) is 53.4 Å². The second kappa shape index (κ2) is 16.4. The Labute approximate surface area is 300 Å². The van der Waals surface area contributed by atoms with Gasteiger partial charge in [-0.25, -0.2) is 17.5 Å². The Bertz CT molecular complexity index is 2090. The quantitative estimate of drug-likeness (QED) is 0.106. The number of hydrogen-bond donors (Lipinski definition) is 2. The lowest BCUT2D eigenvalue weighted by molar-refractivity contribution is -0.137. The number of carbonyl (C=O) groups excluding carboxylic acids is 2. The van der Waals surface area contributed by atoms with Crippen molar-refractivity contribution < 1.29 is 32.2 Å². The lowest BCUT2D eigenvalue weighted by atomic mass is 10.0. The number of nitrogens with zero attached hydrogens (tertiary/aromatic N) is 1. The van der Waals surface area contributed by atoms with Crippen molar-refractivity contribution in [1.82, 2.24) is 9.62 Å². The largest absolute Gasteiger partial charge is 0.506 e. The number of aromatic hydroxyl groups is 1. The van der Waals surface area contributed by atoms with Gasteiger partial charge in [0.15, 0.2) is 0 Å². The van der Waals surface area contributed by atoms with Crippen LogP contribution in [0.2, 0.25) is 10.0 Å². The molecule has 0 atom stereocenters. The van der Waals surface area contributed by atoms with Gasteiger partial charge >= 0.3 is 0 Å². The molecule has 8 nitrogen and oxygen atoms in total. The molecular formula is C38H33Cl2FN2O6S. The van der Waals surface area contributed by atoms with Crippen LogP contribution in [0.5, 0.6) is 17.2 Å². The summed E-state index contributed by atoms with van der Waals surface area (Å²) in [6, 6.07) is 29.3. The maximum atomic E-state index is 13.3. The molecule has 50 heavy (non-hydrogen) atoms. The first-order valence-electron chi connectivity index (χ1n) is 15.5. The highest BCUT2D eigenvalue weighted by atomic mass is 35.5. The van der Waals surface area contributed by atoms with E-state index in [0.717, 1.165) is 16.7 Å². The van der Waals surface area contributed by atoms with Gasteiger partial charge in [0.1, 0.15) is 23.1 Å². The first-order chi connectivity index (χ1) is 23.8. The number of phenols is 1.